The van der Waals surface area contributed by atoms with Gasteiger partial charge in [-0.3, -0.25) is 19.6 Å². The highest BCUT2D eigenvalue weighted by Gasteiger charge is 2.43. The van der Waals surface area contributed by atoms with Gasteiger partial charge in [0, 0.05) is 75.8 Å². The van der Waals surface area contributed by atoms with Crippen LogP contribution in [0.15, 0.2) is 60.0 Å². The van der Waals surface area contributed by atoms with Crippen molar-refractivity contribution in [3.05, 3.63) is 77.6 Å². The number of aromatic nitrogens is 3. The van der Waals surface area contributed by atoms with E-state index in [9.17, 15) is 13.2 Å². The molecule has 3 saturated heterocycles. The first kappa shape index (κ1) is 34.4. The van der Waals surface area contributed by atoms with Crippen molar-refractivity contribution < 1.29 is 17.9 Å². The van der Waals surface area contributed by atoms with Crippen LogP contribution in [0.5, 0.6) is 5.75 Å². The van der Waals surface area contributed by atoms with Gasteiger partial charge < -0.3 is 9.64 Å². The SMILES string of the molecule is COc1ccc(S(=O)(=O)N2CCC([C@H](c3cccnc3)N3CCN(C4(C)CCN(C(=O)c5c(C)ncnc5C)CC4)C[C@@H]3C)CC2)cc1. The van der Waals surface area contributed by atoms with Crippen molar-refractivity contribution in [2.75, 3.05) is 52.9 Å². The van der Waals surface area contributed by atoms with E-state index in [-0.39, 0.29) is 17.5 Å². The summed E-state index contributed by atoms with van der Waals surface area (Å²) in [4.78, 5) is 34.0. The maximum Gasteiger partial charge on any atom is 0.257 e. The normalized spacial score (nSPS) is 22.4. The summed E-state index contributed by atoms with van der Waals surface area (Å²) >= 11 is 0. The largest absolute Gasteiger partial charge is 0.497 e. The minimum absolute atomic E-state index is 0.0133. The molecule has 2 atom stereocenters. The molecular weight excluding hydrogens is 627 g/mol. The summed E-state index contributed by atoms with van der Waals surface area (Å²) in [6, 6.07) is 11.3. The van der Waals surface area contributed by atoms with Crippen molar-refractivity contribution in [1.29, 1.82) is 0 Å². The lowest BCUT2D eigenvalue weighted by Gasteiger charge is -2.54. The van der Waals surface area contributed by atoms with Crippen molar-refractivity contribution >= 4 is 15.9 Å². The van der Waals surface area contributed by atoms with E-state index in [1.54, 1.807) is 35.7 Å². The average molecular weight is 676 g/mol. The summed E-state index contributed by atoms with van der Waals surface area (Å²) in [6.07, 6.45) is 8.74. The summed E-state index contributed by atoms with van der Waals surface area (Å²) in [5.74, 6) is 0.983. The second kappa shape index (κ2) is 14.2. The number of amides is 1. The molecule has 12 heteroatoms. The van der Waals surface area contributed by atoms with Crippen molar-refractivity contribution in [3.8, 4) is 5.75 Å². The zero-order valence-electron chi connectivity index (χ0n) is 28.9. The molecule has 6 rings (SSSR count). The molecule has 0 spiro atoms. The molecule has 3 aliphatic heterocycles. The van der Waals surface area contributed by atoms with Crippen LogP contribution in [-0.4, -0.2) is 113 Å². The van der Waals surface area contributed by atoms with Gasteiger partial charge in [0.2, 0.25) is 10.0 Å². The van der Waals surface area contributed by atoms with Crippen LogP contribution in [0.25, 0.3) is 0 Å². The lowest BCUT2D eigenvalue weighted by Crippen LogP contribution is -2.63. The Bertz CT molecular complexity index is 1650. The fraction of sp³-hybridized carbons (Fsp3) is 0.556. The van der Waals surface area contributed by atoms with Gasteiger partial charge in [0.1, 0.15) is 12.1 Å². The smallest absolute Gasteiger partial charge is 0.257 e. The minimum atomic E-state index is -3.58. The molecule has 1 amide bonds. The lowest BCUT2D eigenvalue weighted by atomic mass is 9.83. The molecule has 1 aromatic carbocycles. The number of carbonyl (C=O) groups excluding carboxylic acids is 1. The Morgan fingerprint density at radius 2 is 1.62 bits per heavy atom. The first-order valence-electron chi connectivity index (χ1n) is 17.1. The number of rotatable bonds is 8. The number of ether oxygens (including phenoxy) is 1. The van der Waals surface area contributed by atoms with Crippen LogP contribution < -0.4 is 4.74 Å². The standard InChI is InChI=1S/C36H49N7O4S/c1-26-24-41(36(4)14-19-40(20-15-36)35(44)33-27(2)38-25-39-28(33)3)21-22-43(26)34(30-7-6-16-37-23-30)29-12-17-42(18-13-29)48(45,46)32-10-8-31(47-5)9-11-32/h6-11,16,23,25-26,29,34H,12-15,17-22,24H2,1-5H3/t26-,34+/m0/s1. The van der Waals surface area contributed by atoms with Crippen molar-refractivity contribution in [1.82, 2.24) is 34.0 Å². The highest BCUT2D eigenvalue weighted by atomic mass is 32.2. The minimum Gasteiger partial charge on any atom is -0.497 e. The number of nitrogens with zero attached hydrogens (tertiary/aromatic N) is 7. The number of carbonyl (C=O) groups is 1. The molecule has 5 heterocycles. The summed E-state index contributed by atoms with van der Waals surface area (Å²) in [6.45, 7) is 13.7. The Kier molecular flexibility index (Phi) is 10.2. The Morgan fingerprint density at radius 1 is 0.958 bits per heavy atom. The number of piperidine rings is 2. The third-order valence-corrected chi connectivity index (χ3v) is 12.9. The van der Waals surface area contributed by atoms with E-state index in [0.29, 0.717) is 54.3 Å². The van der Waals surface area contributed by atoms with Crippen molar-refractivity contribution in [2.45, 2.75) is 75.9 Å². The average Bonchev–Trinajstić information content (AvgIpc) is 3.10. The highest BCUT2D eigenvalue weighted by molar-refractivity contribution is 7.89. The summed E-state index contributed by atoms with van der Waals surface area (Å²) in [5.41, 5.74) is 3.31. The maximum absolute atomic E-state index is 13.5. The van der Waals surface area contributed by atoms with Gasteiger partial charge in [-0.25, -0.2) is 18.4 Å². The van der Waals surface area contributed by atoms with E-state index < -0.39 is 10.0 Å². The molecule has 3 fully saturated rings. The summed E-state index contributed by atoms with van der Waals surface area (Å²) < 4.78 is 33.8. The van der Waals surface area contributed by atoms with Crippen LogP contribution in [-0.2, 0) is 10.0 Å². The third-order valence-electron chi connectivity index (χ3n) is 11.0. The number of piperazine rings is 1. The Hall–Kier alpha value is -3.45. The molecule has 0 saturated carbocycles. The van der Waals surface area contributed by atoms with Gasteiger partial charge in [-0.15, -0.1) is 0 Å². The Labute approximate surface area is 285 Å². The predicted octanol–water partition coefficient (Wildman–Crippen LogP) is 4.34. The molecular formula is C36H49N7O4S. The zero-order valence-corrected chi connectivity index (χ0v) is 29.7. The molecule has 258 valence electrons. The monoisotopic (exact) mass is 675 g/mol. The highest BCUT2D eigenvalue weighted by Crippen LogP contribution is 2.40. The Morgan fingerprint density at radius 3 is 2.21 bits per heavy atom. The van der Waals surface area contributed by atoms with Crippen LogP contribution >= 0.6 is 0 Å². The molecule has 0 aliphatic carbocycles. The van der Waals surface area contributed by atoms with Crippen LogP contribution in [0, 0.1) is 19.8 Å². The van der Waals surface area contributed by atoms with Gasteiger partial charge in [0.25, 0.3) is 5.91 Å². The third kappa shape index (κ3) is 6.85. The van der Waals surface area contributed by atoms with Gasteiger partial charge in [0.15, 0.2) is 0 Å². The first-order valence-corrected chi connectivity index (χ1v) is 18.6. The summed E-state index contributed by atoms with van der Waals surface area (Å²) in [5, 5.41) is 0. The Balaban J connectivity index is 1.11. The van der Waals surface area contributed by atoms with Crippen molar-refractivity contribution in [2.24, 2.45) is 5.92 Å². The number of likely N-dealkylation sites (tertiary alicyclic amines) is 1. The van der Waals surface area contributed by atoms with Crippen LogP contribution in [0.1, 0.15) is 72.9 Å². The van der Waals surface area contributed by atoms with Gasteiger partial charge in [-0.2, -0.15) is 4.31 Å². The maximum atomic E-state index is 13.5. The van der Waals surface area contributed by atoms with E-state index in [1.165, 1.54) is 11.9 Å². The van der Waals surface area contributed by atoms with Crippen LogP contribution in [0.3, 0.4) is 0 Å². The fourth-order valence-corrected chi connectivity index (χ4v) is 9.53. The van der Waals surface area contributed by atoms with E-state index in [2.05, 4.69) is 44.7 Å². The molecule has 0 N–H and O–H groups in total. The molecule has 2 aromatic heterocycles. The predicted molar refractivity (Wildman–Crippen MR) is 184 cm³/mol. The topological polar surface area (TPSA) is 112 Å². The van der Waals surface area contributed by atoms with E-state index in [1.807, 2.05) is 37.2 Å². The molecule has 11 nitrogen and oxygen atoms in total. The fourth-order valence-electron chi connectivity index (χ4n) is 8.06. The van der Waals surface area contributed by atoms with Crippen LogP contribution in [0.4, 0.5) is 0 Å². The van der Waals surface area contributed by atoms with Gasteiger partial charge in [-0.1, -0.05) is 6.07 Å². The second-order valence-corrected chi connectivity index (χ2v) is 15.8. The first-order chi connectivity index (χ1) is 23.0. The summed E-state index contributed by atoms with van der Waals surface area (Å²) in [7, 11) is -2.00. The van der Waals surface area contributed by atoms with E-state index in [0.717, 1.165) is 56.7 Å². The molecule has 0 bridgehead atoms. The molecule has 3 aliphatic rings. The van der Waals surface area contributed by atoms with E-state index >= 15 is 0 Å². The molecule has 48 heavy (non-hydrogen) atoms. The van der Waals surface area contributed by atoms with Gasteiger partial charge in [0.05, 0.1) is 29.0 Å². The molecule has 0 radical (unpaired) electrons. The number of sulfonamides is 1. The zero-order chi connectivity index (χ0) is 34.1. The second-order valence-electron chi connectivity index (χ2n) is 13.9. The number of hydrogen-bond donors (Lipinski definition) is 0. The molecule has 3 aromatic rings. The van der Waals surface area contributed by atoms with Crippen LogP contribution in [0.2, 0.25) is 0 Å². The number of methoxy groups -OCH3 is 1. The molecule has 0 unspecified atom stereocenters. The number of aryl methyl sites for hydroxylation is 2. The van der Waals surface area contributed by atoms with Crippen molar-refractivity contribution in [3.63, 3.8) is 0 Å². The number of hydrogen-bond acceptors (Lipinski definition) is 9. The quantitative estimate of drug-likeness (QED) is 0.344. The van der Waals surface area contributed by atoms with E-state index in [4.69, 9.17) is 4.74 Å². The lowest BCUT2D eigenvalue weighted by molar-refractivity contribution is -0.0422. The number of pyridine rings is 1. The van der Waals surface area contributed by atoms with Gasteiger partial charge in [-0.05, 0) is 95.2 Å². The number of benzene rings is 1. The van der Waals surface area contributed by atoms with Gasteiger partial charge >= 0.3 is 0 Å².